The largest absolute Gasteiger partial charge is 0.433 e. The van der Waals surface area contributed by atoms with Crippen LogP contribution in [0.4, 0.5) is 13.2 Å². The molecule has 1 aliphatic heterocycles. The molecule has 4 rings (SSSR count). The van der Waals surface area contributed by atoms with E-state index in [0.717, 1.165) is 34.9 Å². The maximum atomic E-state index is 12.7. The van der Waals surface area contributed by atoms with Crippen LogP contribution < -0.4 is 5.56 Å². The lowest BCUT2D eigenvalue weighted by atomic mass is 10.1. The van der Waals surface area contributed by atoms with Crippen LogP contribution in [-0.2, 0) is 31.1 Å². The Morgan fingerprint density at radius 1 is 1.29 bits per heavy atom. The molecule has 0 aromatic carbocycles. The Labute approximate surface area is 159 Å². The van der Waals surface area contributed by atoms with E-state index in [4.69, 9.17) is 0 Å². The minimum Gasteiger partial charge on any atom is -0.332 e. The number of halogens is 3. The van der Waals surface area contributed by atoms with Crippen LogP contribution in [0.25, 0.3) is 0 Å². The monoisotopic (exact) mass is 391 g/mol. The minimum absolute atomic E-state index is 0.00965. The molecule has 8 heteroatoms. The number of aromatic nitrogens is 2. The second-order valence-electron chi connectivity index (χ2n) is 7.68. The molecule has 1 saturated carbocycles. The molecule has 2 aromatic rings. The second kappa shape index (κ2) is 6.46. The molecule has 2 atom stereocenters. The first-order chi connectivity index (χ1) is 13.1. The highest BCUT2D eigenvalue weighted by molar-refractivity contribution is 5.77. The highest BCUT2D eigenvalue weighted by Crippen LogP contribution is 2.50. The molecule has 148 valence electrons. The van der Waals surface area contributed by atoms with E-state index in [2.05, 4.69) is 4.98 Å². The van der Waals surface area contributed by atoms with Crippen LogP contribution in [0.5, 0.6) is 0 Å². The summed E-state index contributed by atoms with van der Waals surface area (Å²) in [4.78, 5) is 29.9. The Balaban J connectivity index is 1.39. The lowest BCUT2D eigenvalue weighted by molar-refractivity contribution is -0.141. The quantitative estimate of drug-likeness (QED) is 0.808. The Hall–Kier alpha value is -2.64. The Morgan fingerprint density at radius 2 is 2.04 bits per heavy atom. The molecule has 0 radical (unpaired) electrons. The van der Waals surface area contributed by atoms with E-state index in [9.17, 15) is 22.8 Å². The van der Waals surface area contributed by atoms with Gasteiger partial charge in [0.2, 0.25) is 5.91 Å². The summed E-state index contributed by atoms with van der Waals surface area (Å²) >= 11 is 0. The lowest BCUT2D eigenvalue weighted by Crippen LogP contribution is -2.26. The zero-order chi connectivity index (χ0) is 20.2. The first-order valence-corrected chi connectivity index (χ1v) is 9.14. The molecule has 0 saturated heterocycles. The number of hydrogen-bond acceptors (Lipinski definition) is 3. The first-order valence-electron chi connectivity index (χ1n) is 9.14. The normalized spacial score (nSPS) is 21.0. The van der Waals surface area contributed by atoms with Crippen molar-refractivity contribution in [2.45, 2.75) is 44.9 Å². The fourth-order valence-corrected chi connectivity index (χ4v) is 3.98. The van der Waals surface area contributed by atoms with Gasteiger partial charge in [0.1, 0.15) is 5.69 Å². The number of carbonyl (C=O) groups is 1. The van der Waals surface area contributed by atoms with Gasteiger partial charge in [0.15, 0.2) is 0 Å². The third-order valence-electron chi connectivity index (χ3n) is 5.81. The van der Waals surface area contributed by atoms with Gasteiger partial charge in [0.25, 0.3) is 5.56 Å². The van der Waals surface area contributed by atoms with E-state index in [1.165, 1.54) is 12.3 Å². The van der Waals surface area contributed by atoms with Crippen LogP contribution in [0.2, 0.25) is 0 Å². The number of rotatable bonds is 3. The average molecular weight is 391 g/mol. The second-order valence-corrected chi connectivity index (χ2v) is 7.68. The molecule has 0 bridgehead atoms. The van der Waals surface area contributed by atoms with Crippen molar-refractivity contribution in [3.8, 4) is 0 Å². The minimum atomic E-state index is -4.44. The summed E-state index contributed by atoms with van der Waals surface area (Å²) in [6.45, 7) is 2.79. The van der Waals surface area contributed by atoms with Crippen molar-refractivity contribution in [3.63, 3.8) is 0 Å². The van der Waals surface area contributed by atoms with Crippen LogP contribution in [0.15, 0.2) is 29.2 Å². The van der Waals surface area contributed by atoms with Crippen molar-refractivity contribution >= 4 is 5.91 Å². The number of carbonyl (C=O) groups excluding carboxylic acids is 1. The Morgan fingerprint density at radius 3 is 2.68 bits per heavy atom. The van der Waals surface area contributed by atoms with Gasteiger partial charge < -0.3 is 9.47 Å². The smallest absolute Gasteiger partial charge is 0.332 e. The molecular formula is C20H20F3N3O2. The predicted molar refractivity (Wildman–Crippen MR) is 95.4 cm³/mol. The summed E-state index contributed by atoms with van der Waals surface area (Å²) in [6, 6.07) is 4.03. The predicted octanol–water partition coefficient (Wildman–Crippen LogP) is 3.14. The van der Waals surface area contributed by atoms with E-state index >= 15 is 0 Å². The van der Waals surface area contributed by atoms with Gasteiger partial charge in [-0.2, -0.15) is 13.2 Å². The van der Waals surface area contributed by atoms with Gasteiger partial charge in [-0.05, 0) is 47.9 Å². The summed E-state index contributed by atoms with van der Waals surface area (Å²) in [7, 11) is 1.71. The Kier molecular flexibility index (Phi) is 4.32. The molecule has 1 fully saturated rings. The van der Waals surface area contributed by atoms with Crippen LogP contribution in [0.3, 0.4) is 0 Å². The van der Waals surface area contributed by atoms with Gasteiger partial charge in [-0.25, -0.2) is 0 Å². The highest BCUT2D eigenvalue weighted by Gasteiger charge is 2.42. The molecule has 0 spiro atoms. The molecule has 2 unspecified atom stereocenters. The lowest BCUT2D eigenvalue weighted by Gasteiger charge is -2.15. The molecule has 5 nitrogen and oxygen atoms in total. The van der Waals surface area contributed by atoms with Gasteiger partial charge in [-0.1, -0.05) is 6.07 Å². The molecule has 1 amide bonds. The molecule has 3 heterocycles. The Bertz CT molecular complexity index is 995. The van der Waals surface area contributed by atoms with Gasteiger partial charge in [-0.3, -0.25) is 14.6 Å². The van der Waals surface area contributed by atoms with Crippen molar-refractivity contribution in [3.05, 3.63) is 62.8 Å². The zero-order valence-electron chi connectivity index (χ0n) is 15.6. The molecule has 1 aliphatic carbocycles. The van der Waals surface area contributed by atoms with Crippen molar-refractivity contribution in [2.24, 2.45) is 13.0 Å². The summed E-state index contributed by atoms with van der Waals surface area (Å²) in [5.41, 5.74) is 2.55. The van der Waals surface area contributed by atoms with Gasteiger partial charge in [0.05, 0.1) is 6.54 Å². The van der Waals surface area contributed by atoms with Crippen molar-refractivity contribution < 1.29 is 18.0 Å². The highest BCUT2D eigenvalue weighted by atomic mass is 19.4. The zero-order valence-corrected chi connectivity index (χ0v) is 15.6. The fraction of sp³-hybridized carbons (Fsp3) is 0.450. The third kappa shape index (κ3) is 3.31. The standard InChI is InChI=1S/C20H20F3N3O2/c1-11-5-18(27)25(2)16-10-26(9-15(11)16)19(28)7-13-6-14(13)12-3-4-17(24-8-12)20(21,22)23/h3-5,8,13-14H,6-7,9-10H2,1-2H3. The fourth-order valence-electron chi connectivity index (χ4n) is 3.98. The maximum absolute atomic E-state index is 12.7. The number of alkyl halides is 3. The summed E-state index contributed by atoms with van der Waals surface area (Å²) in [5.74, 6) is 0.213. The number of hydrogen-bond donors (Lipinski definition) is 0. The SMILES string of the molecule is Cc1cc(=O)n(C)c2c1CN(C(=O)CC1CC1c1ccc(C(F)(F)F)nc1)C2. The summed E-state index contributed by atoms with van der Waals surface area (Å²) in [6.07, 6.45) is -2.05. The van der Waals surface area contributed by atoms with Crippen LogP contribution in [0.1, 0.15) is 46.8 Å². The number of pyridine rings is 2. The number of aryl methyl sites for hydroxylation is 1. The topological polar surface area (TPSA) is 55.2 Å². The van der Waals surface area contributed by atoms with E-state index < -0.39 is 11.9 Å². The molecule has 2 aromatic heterocycles. The van der Waals surface area contributed by atoms with Crippen molar-refractivity contribution in [1.82, 2.24) is 14.5 Å². The van der Waals surface area contributed by atoms with Crippen LogP contribution >= 0.6 is 0 Å². The number of nitrogens with zero attached hydrogens (tertiary/aromatic N) is 3. The van der Waals surface area contributed by atoms with Gasteiger partial charge in [0, 0.05) is 38.0 Å². The molecular weight excluding hydrogens is 371 g/mol. The summed E-state index contributed by atoms with van der Waals surface area (Å²) in [5, 5.41) is 0. The van der Waals surface area contributed by atoms with E-state index in [-0.39, 0.29) is 23.3 Å². The maximum Gasteiger partial charge on any atom is 0.433 e. The molecule has 28 heavy (non-hydrogen) atoms. The van der Waals surface area contributed by atoms with Gasteiger partial charge in [-0.15, -0.1) is 0 Å². The van der Waals surface area contributed by atoms with Gasteiger partial charge >= 0.3 is 6.18 Å². The van der Waals surface area contributed by atoms with Crippen LogP contribution in [0, 0.1) is 12.8 Å². The third-order valence-corrected chi connectivity index (χ3v) is 5.81. The van der Waals surface area contributed by atoms with E-state index in [1.54, 1.807) is 22.6 Å². The van der Waals surface area contributed by atoms with Crippen LogP contribution in [-0.4, -0.2) is 20.4 Å². The summed E-state index contributed by atoms with van der Waals surface area (Å²) < 4.78 is 39.4. The first kappa shape index (κ1) is 18.7. The van der Waals surface area contributed by atoms with E-state index in [1.807, 2.05) is 6.92 Å². The van der Waals surface area contributed by atoms with Crippen molar-refractivity contribution in [1.29, 1.82) is 0 Å². The number of amides is 1. The average Bonchev–Trinajstić information content (AvgIpc) is 3.24. The number of fused-ring (bicyclic) bond motifs is 1. The molecule has 0 N–H and O–H groups in total. The van der Waals surface area contributed by atoms with E-state index in [0.29, 0.717) is 19.5 Å². The molecule has 2 aliphatic rings. The van der Waals surface area contributed by atoms with Crippen molar-refractivity contribution in [2.75, 3.05) is 0 Å².